The number of rotatable bonds is 4. The summed E-state index contributed by atoms with van der Waals surface area (Å²) in [5.41, 5.74) is 1.42. The molecule has 0 saturated carbocycles. The third-order valence-corrected chi connectivity index (χ3v) is 3.22. The van der Waals surface area contributed by atoms with Gasteiger partial charge in [-0.1, -0.05) is 0 Å². The number of nitro benzene ring substituents is 1. The van der Waals surface area contributed by atoms with E-state index in [-0.39, 0.29) is 5.69 Å². The van der Waals surface area contributed by atoms with Crippen molar-refractivity contribution in [3.05, 3.63) is 68.2 Å². The Bertz CT molecular complexity index is 678. The van der Waals surface area contributed by atoms with Gasteiger partial charge < -0.3 is 4.74 Å². The van der Waals surface area contributed by atoms with Crippen molar-refractivity contribution in [1.82, 2.24) is 0 Å². The van der Waals surface area contributed by atoms with E-state index in [0.717, 1.165) is 5.56 Å². The van der Waals surface area contributed by atoms with Gasteiger partial charge in [0.2, 0.25) is 0 Å². The summed E-state index contributed by atoms with van der Waals surface area (Å²) in [6.07, 6.45) is 0. The van der Waals surface area contributed by atoms with Gasteiger partial charge in [0.1, 0.15) is 12.4 Å². The highest BCUT2D eigenvalue weighted by Crippen LogP contribution is 2.26. The summed E-state index contributed by atoms with van der Waals surface area (Å²) in [4.78, 5) is 10.1. The Kier molecular flexibility index (Phi) is 4.33. The fraction of sp³-hybridized carbons (Fsp3) is 0.0714. The van der Waals surface area contributed by atoms with Gasteiger partial charge in [0.05, 0.1) is 21.0 Å². The maximum atomic E-state index is 10.5. The van der Waals surface area contributed by atoms with Crippen molar-refractivity contribution in [3.8, 4) is 11.8 Å². The number of benzene rings is 2. The summed E-state index contributed by atoms with van der Waals surface area (Å²) in [6, 6.07) is 13.2. The molecule has 0 spiro atoms. The second-order valence-corrected chi connectivity index (χ2v) is 4.82. The number of hydrogen-bond acceptors (Lipinski definition) is 4. The zero-order chi connectivity index (χ0) is 14.5. The number of nitrogens with zero attached hydrogens (tertiary/aromatic N) is 2. The van der Waals surface area contributed by atoms with E-state index in [1.165, 1.54) is 12.1 Å². The lowest BCUT2D eigenvalue weighted by Gasteiger charge is -2.08. The minimum Gasteiger partial charge on any atom is -0.488 e. The van der Waals surface area contributed by atoms with Crippen molar-refractivity contribution in [2.75, 3.05) is 0 Å². The standard InChI is InChI=1S/C14H9BrN2O3/c15-13-7-11(8-16)3-6-14(13)20-9-10-1-4-12(5-2-10)17(18)19/h1-7H,9H2. The predicted molar refractivity (Wildman–Crippen MR) is 76.3 cm³/mol. The van der Waals surface area contributed by atoms with Gasteiger partial charge in [-0.2, -0.15) is 5.26 Å². The van der Waals surface area contributed by atoms with E-state index in [1.54, 1.807) is 30.3 Å². The lowest BCUT2D eigenvalue weighted by molar-refractivity contribution is -0.384. The Morgan fingerprint density at radius 1 is 1.25 bits per heavy atom. The quantitative estimate of drug-likeness (QED) is 0.630. The number of nitriles is 1. The monoisotopic (exact) mass is 332 g/mol. The van der Waals surface area contributed by atoms with Crippen LogP contribution in [0.2, 0.25) is 0 Å². The molecule has 0 heterocycles. The molecular weight excluding hydrogens is 324 g/mol. The van der Waals surface area contributed by atoms with Gasteiger partial charge in [-0.05, 0) is 51.8 Å². The summed E-state index contributed by atoms with van der Waals surface area (Å²) in [5, 5.41) is 19.3. The second kappa shape index (κ2) is 6.17. The fourth-order valence-electron chi connectivity index (χ4n) is 1.56. The Morgan fingerprint density at radius 2 is 1.95 bits per heavy atom. The van der Waals surface area contributed by atoms with Gasteiger partial charge in [-0.25, -0.2) is 0 Å². The zero-order valence-electron chi connectivity index (χ0n) is 10.2. The van der Waals surface area contributed by atoms with Crippen molar-refractivity contribution in [2.45, 2.75) is 6.61 Å². The van der Waals surface area contributed by atoms with E-state index in [9.17, 15) is 10.1 Å². The van der Waals surface area contributed by atoms with Crippen LogP contribution in [0.3, 0.4) is 0 Å². The minimum absolute atomic E-state index is 0.0494. The van der Waals surface area contributed by atoms with E-state index < -0.39 is 4.92 Å². The molecule has 0 aromatic heterocycles. The first-order valence-corrected chi connectivity index (χ1v) is 6.45. The summed E-state index contributed by atoms with van der Waals surface area (Å²) in [5.74, 6) is 0.613. The van der Waals surface area contributed by atoms with Crippen LogP contribution >= 0.6 is 15.9 Å². The van der Waals surface area contributed by atoms with E-state index in [0.29, 0.717) is 22.4 Å². The van der Waals surface area contributed by atoms with Gasteiger partial charge in [-0.3, -0.25) is 10.1 Å². The van der Waals surface area contributed by atoms with Crippen LogP contribution in [0.4, 0.5) is 5.69 Å². The lowest BCUT2D eigenvalue weighted by atomic mass is 10.2. The summed E-state index contributed by atoms with van der Waals surface area (Å²) in [7, 11) is 0. The molecular formula is C14H9BrN2O3. The van der Waals surface area contributed by atoms with Crippen LogP contribution in [-0.4, -0.2) is 4.92 Å². The van der Waals surface area contributed by atoms with Crippen LogP contribution in [0.5, 0.6) is 5.75 Å². The molecule has 2 aromatic rings. The molecule has 6 heteroatoms. The average molecular weight is 333 g/mol. The van der Waals surface area contributed by atoms with E-state index in [1.807, 2.05) is 6.07 Å². The van der Waals surface area contributed by atoms with Crippen LogP contribution in [0.1, 0.15) is 11.1 Å². The Hall–Kier alpha value is -2.39. The third kappa shape index (κ3) is 3.33. The second-order valence-electron chi connectivity index (χ2n) is 3.97. The number of non-ortho nitro benzene ring substituents is 1. The Labute approximate surface area is 123 Å². The van der Waals surface area contributed by atoms with Gasteiger partial charge in [0.25, 0.3) is 5.69 Å². The van der Waals surface area contributed by atoms with Crippen molar-refractivity contribution in [1.29, 1.82) is 5.26 Å². The first-order chi connectivity index (χ1) is 9.60. The highest BCUT2D eigenvalue weighted by molar-refractivity contribution is 9.10. The molecule has 5 nitrogen and oxygen atoms in total. The molecule has 100 valence electrons. The van der Waals surface area contributed by atoms with Crippen LogP contribution < -0.4 is 4.74 Å². The molecule has 0 unspecified atom stereocenters. The smallest absolute Gasteiger partial charge is 0.269 e. The van der Waals surface area contributed by atoms with E-state index >= 15 is 0 Å². The lowest BCUT2D eigenvalue weighted by Crippen LogP contribution is -1.97. The summed E-state index contributed by atoms with van der Waals surface area (Å²) >= 11 is 3.33. The summed E-state index contributed by atoms with van der Waals surface area (Å²) in [6.45, 7) is 0.294. The van der Waals surface area contributed by atoms with Crippen molar-refractivity contribution < 1.29 is 9.66 Å². The molecule has 0 radical (unpaired) electrons. The van der Waals surface area contributed by atoms with Gasteiger partial charge in [0.15, 0.2) is 0 Å². The van der Waals surface area contributed by atoms with Crippen LogP contribution in [0, 0.1) is 21.4 Å². The highest BCUT2D eigenvalue weighted by Gasteiger charge is 2.06. The molecule has 0 saturated heterocycles. The first kappa shape index (κ1) is 14.0. The molecule has 20 heavy (non-hydrogen) atoms. The van der Waals surface area contributed by atoms with Gasteiger partial charge in [0, 0.05) is 12.1 Å². The van der Waals surface area contributed by atoms with E-state index in [2.05, 4.69) is 15.9 Å². The molecule has 0 fully saturated rings. The van der Waals surface area contributed by atoms with Gasteiger partial charge in [-0.15, -0.1) is 0 Å². The minimum atomic E-state index is -0.443. The highest BCUT2D eigenvalue weighted by atomic mass is 79.9. The Morgan fingerprint density at radius 3 is 2.50 bits per heavy atom. The normalized spacial score (nSPS) is 9.80. The van der Waals surface area contributed by atoms with Crippen LogP contribution in [-0.2, 0) is 6.61 Å². The number of ether oxygens (including phenoxy) is 1. The third-order valence-electron chi connectivity index (χ3n) is 2.60. The van der Waals surface area contributed by atoms with E-state index in [4.69, 9.17) is 10.00 Å². The largest absolute Gasteiger partial charge is 0.488 e. The first-order valence-electron chi connectivity index (χ1n) is 5.66. The van der Waals surface area contributed by atoms with Gasteiger partial charge >= 0.3 is 0 Å². The number of hydrogen-bond donors (Lipinski definition) is 0. The van der Waals surface area contributed by atoms with Crippen molar-refractivity contribution in [3.63, 3.8) is 0 Å². The Balaban J connectivity index is 2.05. The maximum Gasteiger partial charge on any atom is 0.269 e. The average Bonchev–Trinajstić information content (AvgIpc) is 2.46. The molecule has 0 aliphatic rings. The van der Waals surface area contributed by atoms with Crippen molar-refractivity contribution in [2.24, 2.45) is 0 Å². The van der Waals surface area contributed by atoms with Crippen LogP contribution in [0.25, 0.3) is 0 Å². The molecule has 0 aliphatic heterocycles. The molecule has 2 rings (SSSR count). The topological polar surface area (TPSA) is 76.2 Å². The molecule has 0 bridgehead atoms. The zero-order valence-corrected chi connectivity index (χ0v) is 11.8. The van der Waals surface area contributed by atoms with Crippen molar-refractivity contribution >= 4 is 21.6 Å². The SMILES string of the molecule is N#Cc1ccc(OCc2ccc([N+](=O)[O-])cc2)c(Br)c1. The number of nitro groups is 1. The molecule has 0 aliphatic carbocycles. The predicted octanol–water partition coefficient (Wildman–Crippen LogP) is 3.81. The summed E-state index contributed by atoms with van der Waals surface area (Å²) < 4.78 is 6.29. The molecule has 2 aromatic carbocycles. The molecule has 0 N–H and O–H groups in total. The maximum absolute atomic E-state index is 10.5. The fourth-order valence-corrected chi connectivity index (χ4v) is 2.06. The number of halogens is 1. The van der Waals surface area contributed by atoms with Crippen LogP contribution in [0.15, 0.2) is 46.9 Å². The molecule has 0 atom stereocenters. The molecule has 0 amide bonds.